The minimum atomic E-state index is 0.229. The molecule has 0 fully saturated rings. The molecule has 1 aromatic carbocycles. The average Bonchev–Trinajstić information content (AvgIpc) is 2.34. The Hall–Kier alpha value is -1.61. The van der Waals surface area contributed by atoms with Gasteiger partial charge in [0.2, 0.25) is 0 Å². The van der Waals surface area contributed by atoms with Crippen LogP contribution >= 0.6 is 0 Å². The van der Waals surface area contributed by atoms with Crippen molar-refractivity contribution in [2.75, 3.05) is 6.79 Å². The van der Waals surface area contributed by atoms with Crippen LogP contribution in [0.4, 0.5) is 0 Å². The molecule has 0 heterocycles. The number of hydrogen-bond donors (Lipinski definition) is 0. The number of rotatable bonds is 8. The smallest absolute Gasteiger partial charge is 0.188 e. The molecule has 0 N–H and O–H groups in total. The molecule has 0 aliphatic carbocycles. The Labute approximate surface area is 95.7 Å². The van der Waals surface area contributed by atoms with Crippen LogP contribution in [0, 0.1) is 0 Å². The van der Waals surface area contributed by atoms with Gasteiger partial charge in [-0.05, 0) is 18.1 Å². The Bertz CT molecular complexity index is 306. The molecule has 0 saturated carbocycles. The molecule has 0 atom stereocenters. The molecule has 16 heavy (non-hydrogen) atoms. The van der Waals surface area contributed by atoms with E-state index >= 15 is 0 Å². The topological polar surface area (TPSA) is 35.5 Å². The van der Waals surface area contributed by atoms with Crippen LogP contribution in [0.5, 0.6) is 0 Å². The summed E-state index contributed by atoms with van der Waals surface area (Å²) in [6.45, 7) is 0.773. The summed E-state index contributed by atoms with van der Waals surface area (Å²) in [4.78, 5) is 10.00. The highest BCUT2D eigenvalue weighted by atomic mass is 16.7. The zero-order chi connectivity index (χ0) is 11.5. The molecule has 0 spiro atoms. The molecule has 0 aliphatic heterocycles. The molecule has 0 aromatic heterocycles. The van der Waals surface area contributed by atoms with Gasteiger partial charge in [0, 0.05) is 6.42 Å². The lowest BCUT2D eigenvalue weighted by atomic mass is 10.2. The number of hydrogen-bond acceptors (Lipinski definition) is 3. The SMILES string of the molecule is O=CCCC=COCOCc1ccccc1. The van der Waals surface area contributed by atoms with Crippen molar-refractivity contribution >= 4 is 6.29 Å². The predicted molar refractivity (Wildman–Crippen MR) is 61.6 cm³/mol. The van der Waals surface area contributed by atoms with E-state index in [1.54, 1.807) is 12.3 Å². The van der Waals surface area contributed by atoms with E-state index in [1.165, 1.54) is 0 Å². The van der Waals surface area contributed by atoms with E-state index in [0.717, 1.165) is 11.8 Å². The molecule has 1 aromatic rings. The summed E-state index contributed by atoms with van der Waals surface area (Å²) >= 11 is 0. The lowest BCUT2D eigenvalue weighted by molar-refractivity contribution is -0.107. The maximum Gasteiger partial charge on any atom is 0.188 e. The first kappa shape index (κ1) is 12.5. The maximum absolute atomic E-state index is 10.00. The summed E-state index contributed by atoms with van der Waals surface area (Å²) in [6, 6.07) is 9.91. The summed E-state index contributed by atoms with van der Waals surface area (Å²) in [6.07, 6.45) is 5.50. The van der Waals surface area contributed by atoms with E-state index in [2.05, 4.69) is 0 Å². The molecule has 0 radical (unpaired) electrons. The zero-order valence-electron chi connectivity index (χ0n) is 9.17. The monoisotopic (exact) mass is 220 g/mol. The number of benzene rings is 1. The molecule has 0 aliphatic rings. The summed E-state index contributed by atoms with van der Waals surface area (Å²) in [5.41, 5.74) is 1.12. The van der Waals surface area contributed by atoms with Crippen LogP contribution in [0.1, 0.15) is 18.4 Å². The van der Waals surface area contributed by atoms with Crippen molar-refractivity contribution in [2.24, 2.45) is 0 Å². The number of carbonyl (C=O) groups is 1. The van der Waals surface area contributed by atoms with Crippen LogP contribution in [0.25, 0.3) is 0 Å². The Balaban J connectivity index is 2.00. The third kappa shape index (κ3) is 5.98. The van der Waals surface area contributed by atoms with E-state index in [-0.39, 0.29) is 6.79 Å². The summed E-state index contributed by atoms with van der Waals surface area (Å²) in [7, 11) is 0. The second-order valence-corrected chi connectivity index (χ2v) is 3.23. The minimum absolute atomic E-state index is 0.229. The lowest BCUT2D eigenvalue weighted by Gasteiger charge is -2.03. The van der Waals surface area contributed by atoms with Crippen LogP contribution in [0.2, 0.25) is 0 Å². The maximum atomic E-state index is 10.00. The molecule has 0 bridgehead atoms. The summed E-state index contributed by atoms with van der Waals surface area (Å²) in [5, 5.41) is 0. The second-order valence-electron chi connectivity index (χ2n) is 3.23. The van der Waals surface area contributed by atoms with Crippen LogP contribution < -0.4 is 0 Å². The quantitative estimate of drug-likeness (QED) is 0.292. The minimum Gasteiger partial charge on any atom is -0.475 e. The first-order valence-corrected chi connectivity index (χ1v) is 5.25. The Kier molecular flexibility index (Phi) is 6.76. The van der Waals surface area contributed by atoms with E-state index < -0.39 is 0 Å². The number of aldehydes is 1. The Morgan fingerprint density at radius 3 is 2.69 bits per heavy atom. The molecule has 86 valence electrons. The first-order valence-electron chi connectivity index (χ1n) is 5.25. The molecule has 0 unspecified atom stereocenters. The van der Waals surface area contributed by atoms with Crippen molar-refractivity contribution in [3.8, 4) is 0 Å². The molecule has 3 nitrogen and oxygen atoms in total. The van der Waals surface area contributed by atoms with Gasteiger partial charge in [-0.2, -0.15) is 0 Å². The fourth-order valence-corrected chi connectivity index (χ4v) is 1.12. The molecular weight excluding hydrogens is 204 g/mol. The van der Waals surface area contributed by atoms with Crippen LogP contribution in [-0.2, 0) is 20.9 Å². The Morgan fingerprint density at radius 2 is 1.94 bits per heavy atom. The van der Waals surface area contributed by atoms with Crippen molar-refractivity contribution in [3.63, 3.8) is 0 Å². The van der Waals surface area contributed by atoms with Crippen LogP contribution in [-0.4, -0.2) is 13.1 Å². The number of allylic oxidation sites excluding steroid dienone is 1. The van der Waals surface area contributed by atoms with E-state index in [9.17, 15) is 4.79 Å². The zero-order valence-corrected chi connectivity index (χ0v) is 9.17. The number of ether oxygens (including phenoxy) is 2. The van der Waals surface area contributed by atoms with Gasteiger partial charge in [0.05, 0.1) is 12.9 Å². The van der Waals surface area contributed by atoms with Gasteiger partial charge in [-0.15, -0.1) is 0 Å². The lowest BCUT2D eigenvalue weighted by Crippen LogP contribution is -1.96. The van der Waals surface area contributed by atoms with E-state index in [4.69, 9.17) is 9.47 Å². The van der Waals surface area contributed by atoms with Crippen LogP contribution in [0.3, 0.4) is 0 Å². The van der Waals surface area contributed by atoms with Crippen molar-refractivity contribution in [2.45, 2.75) is 19.4 Å². The van der Waals surface area contributed by atoms with Gasteiger partial charge in [0.1, 0.15) is 6.29 Å². The predicted octanol–water partition coefficient (Wildman–Crippen LogP) is 2.67. The van der Waals surface area contributed by atoms with Crippen molar-refractivity contribution in [1.82, 2.24) is 0 Å². The number of carbonyl (C=O) groups excluding carboxylic acids is 1. The van der Waals surface area contributed by atoms with E-state index in [1.807, 2.05) is 30.3 Å². The van der Waals surface area contributed by atoms with Gasteiger partial charge in [-0.1, -0.05) is 30.3 Å². The number of unbranched alkanes of at least 4 members (excludes halogenated alkanes) is 1. The molecular formula is C13H16O3. The highest BCUT2D eigenvalue weighted by Crippen LogP contribution is 2.00. The second kappa shape index (κ2) is 8.68. The van der Waals surface area contributed by atoms with Crippen molar-refractivity contribution < 1.29 is 14.3 Å². The fraction of sp³-hybridized carbons (Fsp3) is 0.308. The normalized spacial score (nSPS) is 10.5. The van der Waals surface area contributed by atoms with Gasteiger partial charge < -0.3 is 14.3 Å². The standard InChI is InChI=1S/C13H16O3/c14-9-5-2-6-10-15-12-16-11-13-7-3-1-4-8-13/h1,3-4,6-10H,2,5,11-12H2. The third-order valence-corrected chi connectivity index (χ3v) is 1.91. The molecule has 0 saturated heterocycles. The summed E-state index contributed by atoms with van der Waals surface area (Å²) in [5.74, 6) is 0. The van der Waals surface area contributed by atoms with Gasteiger partial charge in [-0.3, -0.25) is 0 Å². The van der Waals surface area contributed by atoms with Crippen molar-refractivity contribution in [3.05, 3.63) is 48.2 Å². The van der Waals surface area contributed by atoms with Gasteiger partial charge in [0.15, 0.2) is 6.79 Å². The highest BCUT2D eigenvalue weighted by molar-refractivity contribution is 5.49. The van der Waals surface area contributed by atoms with Gasteiger partial charge in [-0.25, -0.2) is 0 Å². The fourth-order valence-electron chi connectivity index (χ4n) is 1.12. The third-order valence-electron chi connectivity index (χ3n) is 1.91. The van der Waals surface area contributed by atoms with Crippen molar-refractivity contribution in [1.29, 1.82) is 0 Å². The average molecular weight is 220 g/mol. The summed E-state index contributed by atoms with van der Waals surface area (Å²) < 4.78 is 10.4. The first-order chi connectivity index (χ1) is 7.93. The highest BCUT2D eigenvalue weighted by Gasteiger charge is 1.89. The Morgan fingerprint density at radius 1 is 1.12 bits per heavy atom. The van der Waals surface area contributed by atoms with Crippen LogP contribution in [0.15, 0.2) is 42.7 Å². The molecule has 3 heteroatoms. The van der Waals surface area contributed by atoms with Gasteiger partial charge >= 0.3 is 0 Å². The van der Waals surface area contributed by atoms with E-state index in [0.29, 0.717) is 19.4 Å². The molecule has 0 amide bonds. The molecule has 1 rings (SSSR count). The van der Waals surface area contributed by atoms with Gasteiger partial charge in [0.25, 0.3) is 0 Å². The largest absolute Gasteiger partial charge is 0.475 e.